The molecule has 0 spiro atoms. The van der Waals surface area contributed by atoms with Gasteiger partial charge in [-0.1, -0.05) is 26.7 Å². The molecule has 1 N–H and O–H groups in total. The highest BCUT2D eigenvalue weighted by atomic mass is 32.2. The fourth-order valence-corrected chi connectivity index (χ4v) is 5.01. The molecule has 24 heavy (non-hydrogen) atoms. The molecule has 0 aliphatic heterocycles. The van der Waals surface area contributed by atoms with Crippen LogP contribution in [0.25, 0.3) is 0 Å². The molecule has 1 saturated carbocycles. The van der Waals surface area contributed by atoms with E-state index in [-0.39, 0.29) is 16.9 Å². The third-order valence-corrected chi connectivity index (χ3v) is 7.61. The Morgan fingerprint density at radius 1 is 1.00 bits per heavy atom. The number of hydrogen-bond acceptors (Lipinski definition) is 4. The van der Waals surface area contributed by atoms with Crippen LogP contribution < -0.4 is 4.72 Å². The Bertz CT molecular complexity index is 776. The van der Waals surface area contributed by atoms with Gasteiger partial charge in [0.15, 0.2) is 0 Å². The summed E-state index contributed by atoms with van der Waals surface area (Å²) < 4.78 is 75.3. The molecule has 0 heterocycles. The van der Waals surface area contributed by atoms with E-state index >= 15 is 0 Å². The predicted octanol–water partition coefficient (Wildman–Crippen LogP) is 2.79. The Hall–Kier alpha value is -1.06. The summed E-state index contributed by atoms with van der Waals surface area (Å²) in [5.41, 5.74) is 0. The van der Waals surface area contributed by atoms with E-state index in [2.05, 4.69) is 11.6 Å². The Balaban J connectivity index is 2.21. The van der Waals surface area contributed by atoms with Gasteiger partial charge in [0, 0.05) is 6.04 Å². The van der Waals surface area contributed by atoms with Gasteiger partial charge in [0.25, 0.3) is 0 Å². The molecule has 9 heteroatoms. The van der Waals surface area contributed by atoms with Gasteiger partial charge >= 0.3 is 5.76 Å². The van der Waals surface area contributed by atoms with E-state index in [0.717, 1.165) is 43.5 Å². The average Bonchev–Trinajstić information content (AvgIpc) is 2.51. The van der Waals surface area contributed by atoms with Gasteiger partial charge in [-0.2, -0.15) is 8.78 Å². The average molecular weight is 381 g/mol. The number of sulfonamides is 1. The molecule has 2 rings (SSSR count). The smallest absolute Gasteiger partial charge is 0.218 e. The minimum atomic E-state index is -4.73. The number of hydrogen-bond donors (Lipinski definition) is 1. The highest BCUT2D eigenvalue weighted by molar-refractivity contribution is 7.91. The van der Waals surface area contributed by atoms with Crippen LogP contribution in [0.15, 0.2) is 34.1 Å². The first-order chi connectivity index (χ1) is 11.1. The second kappa shape index (κ2) is 7.05. The quantitative estimate of drug-likeness (QED) is 0.850. The van der Waals surface area contributed by atoms with Crippen molar-refractivity contribution in [2.24, 2.45) is 11.8 Å². The van der Waals surface area contributed by atoms with Crippen LogP contribution in [0, 0.1) is 11.8 Å². The number of benzene rings is 1. The van der Waals surface area contributed by atoms with E-state index in [1.165, 1.54) is 0 Å². The van der Waals surface area contributed by atoms with Crippen molar-refractivity contribution in [3.63, 3.8) is 0 Å². The lowest BCUT2D eigenvalue weighted by molar-refractivity contribution is 0.227. The molecule has 0 radical (unpaired) electrons. The molecule has 0 unspecified atom stereocenters. The van der Waals surface area contributed by atoms with Crippen molar-refractivity contribution in [1.82, 2.24) is 4.72 Å². The van der Waals surface area contributed by atoms with Gasteiger partial charge in [-0.15, -0.1) is 0 Å². The normalized spacial score (nSPS) is 25.8. The molecular weight excluding hydrogens is 360 g/mol. The molecule has 3 atom stereocenters. The number of alkyl halides is 2. The second-order valence-electron chi connectivity index (χ2n) is 6.27. The van der Waals surface area contributed by atoms with Crippen LogP contribution in [0.1, 0.15) is 33.1 Å². The van der Waals surface area contributed by atoms with E-state index in [1.807, 2.05) is 6.92 Å². The summed E-state index contributed by atoms with van der Waals surface area (Å²) in [6.45, 7) is 4.07. The van der Waals surface area contributed by atoms with E-state index < -0.39 is 30.5 Å². The first-order valence-electron chi connectivity index (χ1n) is 7.70. The maximum atomic E-state index is 12.5. The lowest BCUT2D eigenvalue weighted by Crippen LogP contribution is -2.43. The van der Waals surface area contributed by atoms with Crippen LogP contribution in [-0.4, -0.2) is 28.6 Å². The van der Waals surface area contributed by atoms with Gasteiger partial charge in [-0.3, -0.25) is 0 Å². The van der Waals surface area contributed by atoms with Gasteiger partial charge in [0.2, 0.25) is 19.9 Å². The zero-order valence-corrected chi connectivity index (χ0v) is 15.1. The first-order valence-corrected chi connectivity index (χ1v) is 10.7. The molecule has 0 bridgehead atoms. The van der Waals surface area contributed by atoms with Crippen molar-refractivity contribution in [1.29, 1.82) is 0 Å². The van der Waals surface area contributed by atoms with Crippen molar-refractivity contribution in [2.45, 2.75) is 54.7 Å². The molecule has 1 aliphatic rings. The molecule has 0 saturated heterocycles. The molecule has 1 aromatic rings. The summed E-state index contributed by atoms with van der Waals surface area (Å²) in [5, 5.41) is 0. The third-order valence-electron chi connectivity index (χ3n) is 4.71. The van der Waals surface area contributed by atoms with E-state index in [1.54, 1.807) is 0 Å². The topological polar surface area (TPSA) is 80.3 Å². The monoisotopic (exact) mass is 381 g/mol. The van der Waals surface area contributed by atoms with Gasteiger partial charge in [-0.05, 0) is 42.5 Å². The van der Waals surface area contributed by atoms with Crippen molar-refractivity contribution < 1.29 is 25.6 Å². The van der Waals surface area contributed by atoms with Crippen LogP contribution in [0.2, 0.25) is 0 Å². The summed E-state index contributed by atoms with van der Waals surface area (Å²) in [4.78, 5) is -0.739. The molecule has 136 valence electrons. The maximum Gasteiger partial charge on any atom is 0.341 e. The number of halogens is 2. The van der Waals surface area contributed by atoms with Crippen molar-refractivity contribution in [3.8, 4) is 0 Å². The fraction of sp³-hybridized carbons (Fsp3) is 0.600. The van der Waals surface area contributed by atoms with Crippen LogP contribution in [0.5, 0.6) is 0 Å². The second-order valence-corrected chi connectivity index (χ2v) is 9.90. The van der Waals surface area contributed by atoms with Gasteiger partial charge in [-0.25, -0.2) is 21.6 Å². The standard InChI is InChI=1S/C15H21F2NO4S2/c1-10-4-3-5-14(11(10)2)18-24(21,22)13-8-6-12(7-9-13)23(19,20)15(16)17/h6-11,14-15,18H,3-5H2,1-2H3/t10-,11+,14+/m1/s1. The molecule has 1 aromatic carbocycles. The maximum absolute atomic E-state index is 12.5. The first kappa shape index (κ1) is 19.3. The molecule has 0 aromatic heterocycles. The van der Waals surface area contributed by atoms with Crippen LogP contribution in [0.3, 0.4) is 0 Å². The van der Waals surface area contributed by atoms with Gasteiger partial charge in [0.05, 0.1) is 9.79 Å². The summed E-state index contributed by atoms with van der Waals surface area (Å²) >= 11 is 0. The summed E-state index contributed by atoms with van der Waals surface area (Å²) in [7, 11) is -8.56. The molecule has 1 fully saturated rings. The van der Waals surface area contributed by atoms with Crippen molar-refractivity contribution >= 4 is 19.9 Å². The zero-order valence-electron chi connectivity index (χ0n) is 13.4. The van der Waals surface area contributed by atoms with E-state index in [4.69, 9.17) is 0 Å². The van der Waals surface area contributed by atoms with E-state index in [0.29, 0.717) is 5.92 Å². The van der Waals surface area contributed by atoms with Crippen LogP contribution in [-0.2, 0) is 19.9 Å². The fourth-order valence-electron chi connectivity index (χ4n) is 2.93. The zero-order chi connectivity index (χ0) is 18.1. The largest absolute Gasteiger partial charge is 0.341 e. The lowest BCUT2D eigenvalue weighted by Gasteiger charge is -2.34. The number of rotatable bonds is 5. The van der Waals surface area contributed by atoms with Crippen molar-refractivity contribution in [3.05, 3.63) is 24.3 Å². The lowest BCUT2D eigenvalue weighted by atomic mass is 9.78. The van der Waals surface area contributed by atoms with Crippen LogP contribution in [0.4, 0.5) is 8.78 Å². The summed E-state index contributed by atoms with van der Waals surface area (Å²) in [5.74, 6) is -2.94. The van der Waals surface area contributed by atoms with Gasteiger partial charge < -0.3 is 0 Å². The molecule has 1 aliphatic carbocycles. The van der Waals surface area contributed by atoms with E-state index in [9.17, 15) is 25.6 Å². The van der Waals surface area contributed by atoms with Crippen molar-refractivity contribution in [2.75, 3.05) is 0 Å². The highest BCUT2D eigenvalue weighted by Gasteiger charge is 2.31. The summed E-state index contributed by atoms with van der Waals surface area (Å²) in [6, 6.07) is 3.66. The Morgan fingerprint density at radius 2 is 1.54 bits per heavy atom. The summed E-state index contributed by atoms with van der Waals surface area (Å²) in [6.07, 6.45) is 2.73. The minimum Gasteiger partial charge on any atom is -0.218 e. The Labute approximate surface area is 141 Å². The van der Waals surface area contributed by atoms with Crippen LogP contribution >= 0.6 is 0 Å². The molecule has 5 nitrogen and oxygen atoms in total. The SMILES string of the molecule is C[C@H]1[C@H](C)CCC[C@@H]1NS(=O)(=O)c1ccc(S(=O)(=O)C(F)F)cc1. The third kappa shape index (κ3) is 3.94. The molecular formula is C15H21F2NO4S2. The Morgan fingerprint density at radius 3 is 2.08 bits per heavy atom. The molecule has 0 amide bonds. The van der Waals surface area contributed by atoms with Gasteiger partial charge in [0.1, 0.15) is 0 Å². The number of sulfone groups is 1. The predicted molar refractivity (Wildman–Crippen MR) is 85.9 cm³/mol. The number of nitrogens with one attached hydrogen (secondary N) is 1. The Kier molecular flexibility index (Phi) is 5.66. The minimum absolute atomic E-state index is 0.138. The highest BCUT2D eigenvalue weighted by Crippen LogP contribution is 2.30.